The highest BCUT2D eigenvalue weighted by molar-refractivity contribution is 7.92. The molecule has 34 heavy (non-hydrogen) atoms. The van der Waals surface area contributed by atoms with Gasteiger partial charge in [0.1, 0.15) is 6.54 Å². The SMILES string of the molecule is Cc1ccc(S(=O)(=O)N(CC(=O)NC(C)c2ccc3c(c2)CCC3)c2cccc(C)c2C)cc1. The first-order valence-corrected chi connectivity index (χ1v) is 13.2. The minimum Gasteiger partial charge on any atom is -0.348 e. The molecule has 4 rings (SSSR count). The third-order valence-corrected chi connectivity index (χ3v) is 8.51. The van der Waals surface area contributed by atoms with E-state index in [2.05, 4.69) is 23.5 Å². The largest absolute Gasteiger partial charge is 0.348 e. The highest BCUT2D eigenvalue weighted by Crippen LogP contribution is 2.29. The van der Waals surface area contributed by atoms with E-state index >= 15 is 0 Å². The summed E-state index contributed by atoms with van der Waals surface area (Å²) in [4.78, 5) is 13.3. The Morgan fingerprint density at radius 2 is 1.68 bits per heavy atom. The molecule has 0 fully saturated rings. The number of carbonyl (C=O) groups excluding carboxylic acids is 1. The van der Waals surface area contributed by atoms with Crippen molar-refractivity contribution < 1.29 is 13.2 Å². The smallest absolute Gasteiger partial charge is 0.264 e. The maximum Gasteiger partial charge on any atom is 0.264 e. The third kappa shape index (κ3) is 4.87. The number of benzene rings is 3. The van der Waals surface area contributed by atoms with Crippen molar-refractivity contribution in [1.82, 2.24) is 5.32 Å². The number of hydrogen-bond donors (Lipinski definition) is 1. The second-order valence-electron chi connectivity index (χ2n) is 9.21. The number of amides is 1. The topological polar surface area (TPSA) is 66.5 Å². The maximum atomic E-state index is 13.7. The molecule has 0 radical (unpaired) electrons. The molecule has 1 N–H and O–H groups in total. The summed E-state index contributed by atoms with van der Waals surface area (Å²) in [7, 11) is -3.94. The Labute approximate surface area is 202 Å². The van der Waals surface area contributed by atoms with Gasteiger partial charge in [-0.1, -0.05) is 48.0 Å². The van der Waals surface area contributed by atoms with Gasteiger partial charge in [0, 0.05) is 0 Å². The minimum absolute atomic E-state index is 0.165. The van der Waals surface area contributed by atoms with Crippen molar-refractivity contribution in [2.45, 2.75) is 57.9 Å². The van der Waals surface area contributed by atoms with Crippen molar-refractivity contribution in [2.24, 2.45) is 0 Å². The zero-order chi connectivity index (χ0) is 24.5. The third-order valence-electron chi connectivity index (χ3n) is 6.74. The molecule has 0 saturated heterocycles. The molecule has 0 aliphatic heterocycles. The molecule has 1 aliphatic rings. The van der Waals surface area contributed by atoms with E-state index in [4.69, 9.17) is 0 Å². The van der Waals surface area contributed by atoms with Crippen molar-refractivity contribution >= 4 is 21.6 Å². The van der Waals surface area contributed by atoms with E-state index in [1.54, 1.807) is 30.3 Å². The summed E-state index contributed by atoms with van der Waals surface area (Å²) >= 11 is 0. The second-order valence-corrected chi connectivity index (χ2v) is 11.1. The van der Waals surface area contributed by atoms with Crippen LogP contribution in [0, 0.1) is 20.8 Å². The van der Waals surface area contributed by atoms with Gasteiger partial charge in [-0.2, -0.15) is 0 Å². The molecule has 0 bridgehead atoms. The fourth-order valence-corrected chi connectivity index (χ4v) is 5.98. The molecule has 1 unspecified atom stereocenters. The molecule has 1 atom stereocenters. The number of anilines is 1. The molecule has 1 amide bonds. The fraction of sp³-hybridized carbons (Fsp3) is 0.321. The van der Waals surface area contributed by atoms with Crippen LogP contribution < -0.4 is 9.62 Å². The summed E-state index contributed by atoms with van der Waals surface area (Å²) < 4.78 is 28.6. The van der Waals surface area contributed by atoms with Gasteiger partial charge < -0.3 is 5.32 Å². The van der Waals surface area contributed by atoms with Crippen LogP contribution in [0.4, 0.5) is 5.69 Å². The number of sulfonamides is 1. The molecule has 0 heterocycles. The maximum absolute atomic E-state index is 13.7. The average molecular weight is 477 g/mol. The van der Waals surface area contributed by atoms with Gasteiger partial charge in [-0.05, 0) is 93.0 Å². The molecule has 3 aromatic rings. The fourth-order valence-electron chi connectivity index (χ4n) is 4.50. The second kappa shape index (κ2) is 9.63. The predicted octanol–water partition coefficient (Wildman–Crippen LogP) is 5.17. The van der Waals surface area contributed by atoms with Gasteiger partial charge in [0.05, 0.1) is 16.6 Å². The van der Waals surface area contributed by atoms with Crippen molar-refractivity contribution in [3.8, 4) is 0 Å². The lowest BCUT2D eigenvalue weighted by Gasteiger charge is -2.27. The quantitative estimate of drug-likeness (QED) is 0.511. The zero-order valence-electron chi connectivity index (χ0n) is 20.3. The first-order chi connectivity index (χ1) is 16.2. The number of nitrogens with one attached hydrogen (secondary N) is 1. The molecular weight excluding hydrogens is 444 g/mol. The number of nitrogens with zero attached hydrogens (tertiary/aromatic N) is 1. The summed E-state index contributed by atoms with van der Waals surface area (Å²) in [5, 5.41) is 3.01. The average Bonchev–Trinajstić information content (AvgIpc) is 3.28. The van der Waals surface area contributed by atoms with Gasteiger partial charge in [0.2, 0.25) is 5.91 Å². The van der Waals surface area contributed by atoms with E-state index in [0.29, 0.717) is 5.69 Å². The van der Waals surface area contributed by atoms with Crippen molar-refractivity contribution in [3.05, 3.63) is 94.0 Å². The van der Waals surface area contributed by atoms with Crippen LogP contribution in [0.15, 0.2) is 65.6 Å². The van der Waals surface area contributed by atoms with E-state index in [9.17, 15) is 13.2 Å². The molecule has 0 saturated carbocycles. The highest BCUT2D eigenvalue weighted by Gasteiger charge is 2.29. The molecule has 1 aliphatic carbocycles. The number of rotatable bonds is 7. The van der Waals surface area contributed by atoms with Crippen LogP contribution in [-0.4, -0.2) is 20.9 Å². The van der Waals surface area contributed by atoms with Crippen LogP contribution >= 0.6 is 0 Å². The summed E-state index contributed by atoms with van der Waals surface area (Å²) in [6.45, 7) is 7.37. The number of carbonyl (C=O) groups is 1. The predicted molar refractivity (Wildman–Crippen MR) is 137 cm³/mol. The number of fused-ring (bicyclic) bond motifs is 1. The first-order valence-electron chi connectivity index (χ1n) is 11.7. The van der Waals surface area contributed by atoms with E-state index in [0.717, 1.165) is 35.1 Å². The van der Waals surface area contributed by atoms with Crippen LogP contribution in [0.3, 0.4) is 0 Å². The molecule has 0 aromatic heterocycles. The Bertz CT molecular complexity index is 1310. The van der Waals surface area contributed by atoms with Gasteiger partial charge in [0.25, 0.3) is 10.0 Å². The monoisotopic (exact) mass is 476 g/mol. The molecule has 6 heteroatoms. The van der Waals surface area contributed by atoms with Gasteiger partial charge in [-0.15, -0.1) is 0 Å². The molecule has 0 spiro atoms. The van der Waals surface area contributed by atoms with Crippen molar-refractivity contribution in [2.75, 3.05) is 10.8 Å². The lowest BCUT2D eigenvalue weighted by Crippen LogP contribution is -2.42. The van der Waals surface area contributed by atoms with Crippen molar-refractivity contribution in [1.29, 1.82) is 0 Å². The molecule has 5 nitrogen and oxygen atoms in total. The van der Waals surface area contributed by atoms with Crippen LogP contribution in [0.1, 0.15) is 52.8 Å². The van der Waals surface area contributed by atoms with Gasteiger partial charge in [0.15, 0.2) is 0 Å². The Balaban J connectivity index is 1.62. The van der Waals surface area contributed by atoms with Crippen molar-refractivity contribution in [3.63, 3.8) is 0 Å². The van der Waals surface area contributed by atoms with Crippen LogP contribution in [0.25, 0.3) is 0 Å². The Morgan fingerprint density at radius 3 is 2.41 bits per heavy atom. The van der Waals surface area contributed by atoms with Gasteiger partial charge >= 0.3 is 0 Å². The van der Waals surface area contributed by atoms with E-state index in [-0.39, 0.29) is 23.4 Å². The summed E-state index contributed by atoms with van der Waals surface area (Å²) in [6.07, 6.45) is 3.35. The number of hydrogen-bond acceptors (Lipinski definition) is 3. The van der Waals surface area contributed by atoms with E-state index < -0.39 is 10.0 Å². The van der Waals surface area contributed by atoms with E-state index in [1.165, 1.54) is 21.9 Å². The van der Waals surface area contributed by atoms with E-state index in [1.807, 2.05) is 39.8 Å². The minimum atomic E-state index is -3.94. The highest BCUT2D eigenvalue weighted by atomic mass is 32.2. The Kier molecular flexibility index (Phi) is 6.80. The zero-order valence-corrected chi connectivity index (χ0v) is 21.1. The van der Waals surface area contributed by atoms with Gasteiger partial charge in [-0.25, -0.2) is 8.42 Å². The molecule has 178 valence electrons. The normalized spacial score (nSPS) is 13.9. The Morgan fingerprint density at radius 1 is 0.971 bits per heavy atom. The van der Waals surface area contributed by atoms with Crippen LogP contribution in [-0.2, 0) is 27.7 Å². The van der Waals surface area contributed by atoms with Crippen LogP contribution in [0.2, 0.25) is 0 Å². The summed E-state index contributed by atoms with van der Waals surface area (Å²) in [6, 6.07) is 18.4. The summed E-state index contributed by atoms with van der Waals surface area (Å²) in [5.41, 5.74) is 7.05. The molecule has 3 aromatic carbocycles. The summed E-state index contributed by atoms with van der Waals surface area (Å²) in [5.74, 6) is -0.343. The Hall–Kier alpha value is -3.12. The van der Waals surface area contributed by atoms with Crippen LogP contribution in [0.5, 0.6) is 0 Å². The first kappa shape index (κ1) is 24.0. The van der Waals surface area contributed by atoms with Gasteiger partial charge in [-0.3, -0.25) is 9.10 Å². The lowest BCUT2D eigenvalue weighted by molar-refractivity contribution is -0.120. The standard InChI is InChI=1S/C28H32N2O3S/c1-19-11-15-26(16-12-19)34(32,33)30(27-10-5-7-20(2)21(27)3)18-28(31)29-22(4)24-14-13-23-8-6-9-25(23)17-24/h5,7,10-17,22H,6,8-9,18H2,1-4H3,(H,29,31). The lowest BCUT2D eigenvalue weighted by atomic mass is 10.0. The number of aryl methyl sites for hydroxylation is 4. The molecular formula is C28H32N2O3S.